The van der Waals surface area contributed by atoms with Gasteiger partial charge in [0.15, 0.2) is 0 Å². The standard InChI is InChI=1S/C12H20N2O3/c15-10(6-9-2-5-13-8-9)14-12(3-1-4-12)7-11(16)17/h9,13H,1-8H2,(H,14,15)(H,16,17). The molecule has 1 saturated carbocycles. The number of amides is 1. The molecular formula is C12H20N2O3. The predicted octanol–water partition coefficient (Wildman–Crippen LogP) is 0.500. The van der Waals surface area contributed by atoms with Crippen molar-refractivity contribution in [1.29, 1.82) is 0 Å². The first-order chi connectivity index (χ1) is 8.10. The average Bonchev–Trinajstić information content (AvgIpc) is 2.66. The van der Waals surface area contributed by atoms with Crippen molar-refractivity contribution in [3.8, 4) is 0 Å². The van der Waals surface area contributed by atoms with Gasteiger partial charge in [0.05, 0.1) is 12.0 Å². The van der Waals surface area contributed by atoms with Gasteiger partial charge in [-0.3, -0.25) is 9.59 Å². The minimum Gasteiger partial charge on any atom is -0.481 e. The molecule has 2 fully saturated rings. The van der Waals surface area contributed by atoms with Crippen LogP contribution in [-0.4, -0.2) is 35.6 Å². The number of carbonyl (C=O) groups excluding carboxylic acids is 1. The number of rotatable bonds is 5. The fraction of sp³-hybridized carbons (Fsp3) is 0.833. The van der Waals surface area contributed by atoms with Crippen LogP contribution in [0.1, 0.15) is 38.5 Å². The second-order valence-electron chi connectivity index (χ2n) is 5.32. The highest BCUT2D eigenvalue weighted by molar-refractivity contribution is 5.78. The lowest BCUT2D eigenvalue weighted by molar-refractivity contribution is -0.140. The maximum absolute atomic E-state index is 11.9. The topological polar surface area (TPSA) is 78.4 Å². The third-order valence-corrected chi connectivity index (χ3v) is 3.84. The van der Waals surface area contributed by atoms with Gasteiger partial charge in [-0.15, -0.1) is 0 Å². The molecule has 2 aliphatic rings. The fourth-order valence-corrected chi connectivity index (χ4v) is 2.74. The van der Waals surface area contributed by atoms with Crippen LogP contribution in [0.15, 0.2) is 0 Å². The zero-order chi connectivity index (χ0) is 12.3. The highest BCUT2D eigenvalue weighted by atomic mass is 16.4. The number of aliphatic carboxylic acids is 1. The largest absolute Gasteiger partial charge is 0.481 e. The predicted molar refractivity (Wildman–Crippen MR) is 62.6 cm³/mol. The minimum absolute atomic E-state index is 0.0136. The smallest absolute Gasteiger partial charge is 0.305 e. The molecule has 1 aliphatic heterocycles. The molecule has 1 aliphatic carbocycles. The van der Waals surface area contributed by atoms with Gasteiger partial charge in [0.25, 0.3) is 0 Å². The number of carbonyl (C=O) groups is 2. The number of nitrogens with one attached hydrogen (secondary N) is 2. The van der Waals surface area contributed by atoms with E-state index in [1.54, 1.807) is 0 Å². The quantitative estimate of drug-likeness (QED) is 0.654. The van der Waals surface area contributed by atoms with Crippen molar-refractivity contribution >= 4 is 11.9 Å². The molecule has 1 unspecified atom stereocenters. The lowest BCUT2D eigenvalue weighted by Crippen LogP contribution is -2.54. The van der Waals surface area contributed by atoms with E-state index in [9.17, 15) is 9.59 Å². The lowest BCUT2D eigenvalue weighted by Gasteiger charge is -2.41. The Hall–Kier alpha value is -1.10. The summed E-state index contributed by atoms with van der Waals surface area (Å²) in [6, 6.07) is 0. The SMILES string of the molecule is O=C(O)CC1(NC(=O)CC2CCNC2)CCC1. The first kappa shape index (κ1) is 12.4. The van der Waals surface area contributed by atoms with Gasteiger partial charge < -0.3 is 15.7 Å². The molecule has 1 atom stereocenters. The first-order valence-corrected chi connectivity index (χ1v) is 6.33. The molecule has 96 valence electrons. The Kier molecular flexibility index (Phi) is 3.66. The van der Waals surface area contributed by atoms with Gasteiger partial charge in [-0.2, -0.15) is 0 Å². The molecule has 5 heteroatoms. The van der Waals surface area contributed by atoms with Crippen LogP contribution < -0.4 is 10.6 Å². The van der Waals surface area contributed by atoms with Crippen molar-refractivity contribution in [2.75, 3.05) is 13.1 Å². The van der Waals surface area contributed by atoms with Crippen molar-refractivity contribution in [2.24, 2.45) is 5.92 Å². The second kappa shape index (κ2) is 5.04. The molecule has 5 nitrogen and oxygen atoms in total. The Balaban J connectivity index is 1.81. The second-order valence-corrected chi connectivity index (χ2v) is 5.32. The lowest BCUT2D eigenvalue weighted by atomic mass is 9.74. The van der Waals surface area contributed by atoms with Crippen LogP contribution >= 0.6 is 0 Å². The summed E-state index contributed by atoms with van der Waals surface area (Å²) >= 11 is 0. The summed E-state index contributed by atoms with van der Waals surface area (Å²) in [6.45, 7) is 1.89. The summed E-state index contributed by atoms with van der Waals surface area (Å²) in [5.41, 5.74) is -0.449. The third kappa shape index (κ3) is 3.19. The summed E-state index contributed by atoms with van der Waals surface area (Å²) in [5, 5.41) is 15.0. The molecule has 0 aromatic heterocycles. The number of carboxylic acid groups (broad SMARTS) is 1. The van der Waals surface area contributed by atoms with E-state index in [2.05, 4.69) is 10.6 Å². The third-order valence-electron chi connectivity index (χ3n) is 3.84. The molecule has 0 bridgehead atoms. The van der Waals surface area contributed by atoms with E-state index >= 15 is 0 Å². The van der Waals surface area contributed by atoms with E-state index in [0.717, 1.165) is 38.8 Å². The van der Waals surface area contributed by atoms with Gasteiger partial charge in [-0.25, -0.2) is 0 Å². The molecule has 17 heavy (non-hydrogen) atoms. The minimum atomic E-state index is -0.826. The highest BCUT2D eigenvalue weighted by Gasteiger charge is 2.40. The van der Waals surface area contributed by atoms with E-state index in [-0.39, 0.29) is 12.3 Å². The highest BCUT2D eigenvalue weighted by Crippen LogP contribution is 2.35. The Labute approximate surface area is 101 Å². The van der Waals surface area contributed by atoms with Crippen LogP contribution in [0.5, 0.6) is 0 Å². The van der Waals surface area contributed by atoms with Crippen molar-refractivity contribution in [1.82, 2.24) is 10.6 Å². The van der Waals surface area contributed by atoms with Crippen LogP contribution in [0.3, 0.4) is 0 Å². The Morgan fingerprint density at radius 1 is 1.41 bits per heavy atom. The maximum atomic E-state index is 11.9. The normalized spacial score (nSPS) is 26.2. The monoisotopic (exact) mass is 240 g/mol. The van der Waals surface area contributed by atoms with Crippen molar-refractivity contribution in [3.05, 3.63) is 0 Å². The van der Waals surface area contributed by atoms with E-state index in [4.69, 9.17) is 5.11 Å². The molecule has 0 spiro atoms. The van der Waals surface area contributed by atoms with Gasteiger partial charge >= 0.3 is 5.97 Å². The molecule has 0 radical (unpaired) electrons. The van der Waals surface area contributed by atoms with Crippen molar-refractivity contribution in [2.45, 2.75) is 44.1 Å². The van der Waals surface area contributed by atoms with Crippen molar-refractivity contribution in [3.63, 3.8) is 0 Å². The van der Waals surface area contributed by atoms with E-state index in [1.165, 1.54) is 0 Å². The van der Waals surface area contributed by atoms with Gasteiger partial charge in [-0.1, -0.05) is 0 Å². The van der Waals surface area contributed by atoms with Gasteiger partial charge in [0, 0.05) is 6.42 Å². The molecule has 1 saturated heterocycles. The molecule has 0 aromatic carbocycles. The molecule has 1 heterocycles. The molecule has 2 rings (SSSR count). The zero-order valence-electron chi connectivity index (χ0n) is 10.00. The Morgan fingerprint density at radius 3 is 2.65 bits per heavy atom. The van der Waals surface area contributed by atoms with Gasteiger partial charge in [0.1, 0.15) is 0 Å². The molecule has 3 N–H and O–H groups in total. The maximum Gasteiger partial charge on any atom is 0.305 e. The number of hydrogen-bond donors (Lipinski definition) is 3. The van der Waals surface area contributed by atoms with Crippen LogP contribution in [0.2, 0.25) is 0 Å². The van der Waals surface area contributed by atoms with E-state index < -0.39 is 11.5 Å². The summed E-state index contributed by atoms with van der Waals surface area (Å²) in [7, 11) is 0. The van der Waals surface area contributed by atoms with Gasteiger partial charge in [0.2, 0.25) is 5.91 Å². The van der Waals surface area contributed by atoms with E-state index in [1.807, 2.05) is 0 Å². The first-order valence-electron chi connectivity index (χ1n) is 6.33. The summed E-state index contributed by atoms with van der Waals surface area (Å²) in [6.07, 6.45) is 4.23. The summed E-state index contributed by atoms with van der Waals surface area (Å²) < 4.78 is 0. The molecular weight excluding hydrogens is 220 g/mol. The Bertz CT molecular complexity index is 307. The number of hydrogen-bond acceptors (Lipinski definition) is 3. The summed E-state index contributed by atoms with van der Waals surface area (Å²) in [4.78, 5) is 22.6. The Morgan fingerprint density at radius 2 is 2.18 bits per heavy atom. The van der Waals surface area contributed by atoms with Crippen LogP contribution in [0.4, 0.5) is 0 Å². The average molecular weight is 240 g/mol. The van der Waals surface area contributed by atoms with E-state index in [0.29, 0.717) is 12.3 Å². The van der Waals surface area contributed by atoms with Gasteiger partial charge in [-0.05, 0) is 44.7 Å². The van der Waals surface area contributed by atoms with Crippen LogP contribution in [0.25, 0.3) is 0 Å². The molecule has 0 aromatic rings. The molecule has 1 amide bonds. The zero-order valence-corrected chi connectivity index (χ0v) is 10.00. The van der Waals surface area contributed by atoms with Crippen molar-refractivity contribution < 1.29 is 14.7 Å². The number of carboxylic acids is 1. The van der Waals surface area contributed by atoms with Crippen LogP contribution in [0, 0.1) is 5.92 Å². The van der Waals surface area contributed by atoms with Crippen LogP contribution in [-0.2, 0) is 9.59 Å². The summed E-state index contributed by atoms with van der Waals surface area (Å²) in [5.74, 6) is -0.399. The fourth-order valence-electron chi connectivity index (χ4n) is 2.74.